The number of anilines is 3. The molecule has 0 saturated heterocycles. The van der Waals surface area contributed by atoms with Gasteiger partial charge in [0.2, 0.25) is 0 Å². The molecule has 0 radical (unpaired) electrons. The van der Waals surface area contributed by atoms with E-state index in [1.807, 2.05) is 43.3 Å². The SMILES string of the molecule is C/C(=N\NC(=O)c1ccc(NS(=O)(=O)c2cccs2)cc1)c1ccc2c(c1)Nc1ccccc1S2. The highest BCUT2D eigenvalue weighted by Crippen LogP contribution is 2.44. The van der Waals surface area contributed by atoms with Gasteiger partial charge in [0.15, 0.2) is 0 Å². The molecule has 1 aliphatic heterocycles. The van der Waals surface area contributed by atoms with Crippen LogP contribution in [-0.2, 0) is 10.0 Å². The standard InChI is InChI=1S/C25H20N4O3S3/c1-16(18-10-13-23-21(15-18)26-20-5-2-3-6-22(20)34-23)27-28-25(30)17-8-11-19(12-9-17)29-35(31,32)24-7-4-14-33-24/h2-15,26,29H,1H3,(H,28,30)/b27-16+. The number of carbonyl (C=O) groups is 1. The molecule has 0 atom stereocenters. The molecule has 0 saturated carbocycles. The van der Waals surface area contributed by atoms with Gasteiger partial charge in [-0.15, -0.1) is 11.3 Å². The number of nitrogens with one attached hydrogen (secondary N) is 3. The molecular formula is C25H20N4O3S3. The molecule has 35 heavy (non-hydrogen) atoms. The lowest BCUT2D eigenvalue weighted by atomic mass is 10.1. The minimum atomic E-state index is -3.64. The van der Waals surface area contributed by atoms with Crippen LogP contribution >= 0.6 is 23.1 Å². The van der Waals surface area contributed by atoms with E-state index in [2.05, 4.69) is 26.6 Å². The molecule has 1 aliphatic rings. The van der Waals surface area contributed by atoms with Crippen LogP contribution in [-0.4, -0.2) is 20.0 Å². The van der Waals surface area contributed by atoms with Crippen LogP contribution in [0.25, 0.3) is 0 Å². The van der Waals surface area contributed by atoms with Gasteiger partial charge in [-0.1, -0.05) is 36.0 Å². The fourth-order valence-corrected chi connectivity index (χ4v) is 6.46. The molecule has 1 aromatic heterocycles. The number of fused-ring (bicyclic) bond motifs is 2. The van der Waals surface area contributed by atoms with Gasteiger partial charge in [0.05, 0.1) is 17.1 Å². The zero-order valence-corrected chi connectivity index (χ0v) is 20.9. The molecule has 5 rings (SSSR count). The average Bonchev–Trinajstić information content (AvgIpc) is 3.42. The number of benzene rings is 3. The number of hydrazone groups is 1. The van der Waals surface area contributed by atoms with Crippen LogP contribution in [0.1, 0.15) is 22.8 Å². The lowest BCUT2D eigenvalue weighted by Gasteiger charge is -2.21. The van der Waals surface area contributed by atoms with Crippen LogP contribution in [0.4, 0.5) is 17.1 Å². The molecule has 0 unspecified atom stereocenters. The Labute approximate surface area is 211 Å². The normalized spacial score (nSPS) is 12.8. The van der Waals surface area contributed by atoms with Crippen LogP contribution in [0.2, 0.25) is 0 Å². The van der Waals surface area contributed by atoms with Crippen LogP contribution < -0.4 is 15.5 Å². The minimum absolute atomic E-state index is 0.226. The Hall–Kier alpha value is -3.60. The fourth-order valence-electron chi connectivity index (χ4n) is 3.44. The van der Waals surface area contributed by atoms with E-state index >= 15 is 0 Å². The van der Waals surface area contributed by atoms with Crippen molar-refractivity contribution in [3.63, 3.8) is 0 Å². The molecule has 0 bridgehead atoms. The van der Waals surface area contributed by atoms with Crippen molar-refractivity contribution in [2.24, 2.45) is 5.10 Å². The van der Waals surface area contributed by atoms with Gasteiger partial charge in [0.25, 0.3) is 15.9 Å². The number of nitrogens with zero attached hydrogens (tertiary/aromatic N) is 1. The Morgan fingerprint density at radius 3 is 2.40 bits per heavy atom. The second kappa shape index (κ2) is 9.57. The Morgan fingerprint density at radius 2 is 1.63 bits per heavy atom. The number of thiophene rings is 1. The first-order chi connectivity index (χ1) is 16.9. The van der Waals surface area contributed by atoms with Crippen molar-refractivity contribution in [3.8, 4) is 0 Å². The third-order valence-corrected chi connectivity index (χ3v) is 9.19. The Kier molecular flexibility index (Phi) is 6.33. The third-order valence-electron chi connectivity index (χ3n) is 5.26. The van der Waals surface area contributed by atoms with E-state index in [0.717, 1.165) is 33.2 Å². The van der Waals surface area contributed by atoms with Crippen LogP contribution in [0, 0.1) is 0 Å². The van der Waals surface area contributed by atoms with Gasteiger partial charge < -0.3 is 5.32 Å². The van der Waals surface area contributed by atoms with E-state index in [0.29, 0.717) is 17.0 Å². The molecule has 2 heterocycles. The van der Waals surface area contributed by atoms with Crippen molar-refractivity contribution in [1.82, 2.24) is 5.43 Å². The van der Waals surface area contributed by atoms with E-state index in [9.17, 15) is 13.2 Å². The summed E-state index contributed by atoms with van der Waals surface area (Å²) in [6.07, 6.45) is 0. The van der Waals surface area contributed by atoms with Gasteiger partial charge >= 0.3 is 0 Å². The number of carbonyl (C=O) groups excluding carboxylic acids is 1. The fraction of sp³-hybridized carbons (Fsp3) is 0.0400. The van der Waals surface area contributed by atoms with Crippen LogP contribution in [0.5, 0.6) is 0 Å². The summed E-state index contributed by atoms with van der Waals surface area (Å²) in [5, 5.41) is 9.39. The van der Waals surface area contributed by atoms with Gasteiger partial charge in [0.1, 0.15) is 4.21 Å². The quantitative estimate of drug-likeness (QED) is 0.191. The molecule has 0 fully saturated rings. The number of hydrogen-bond acceptors (Lipinski definition) is 7. The third kappa shape index (κ3) is 5.09. The first-order valence-electron chi connectivity index (χ1n) is 10.6. The highest BCUT2D eigenvalue weighted by molar-refractivity contribution is 7.99. The van der Waals surface area contributed by atoms with Gasteiger partial charge in [-0.25, -0.2) is 13.8 Å². The summed E-state index contributed by atoms with van der Waals surface area (Å²) in [6, 6.07) is 23.5. The van der Waals surface area contributed by atoms with E-state index in [1.165, 1.54) is 11.0 Å². The first-order valence-corrected chi connectivity index (χ1v) is 13.8. The minimum Gasteiger partial charge on any atom is -0.354 e. The Balaban J connectivity index is 1.24. The predicted molar refractivity (Wildman–Crippen MR) is 142 cm³/mol. The molecule has 3 aromatic carbocycles. The van der Waals surface area contributed by atoms with Crippen molar-refractivity contribution in [3.05, 3.63) is 95.4 Å². The number of rotatable bonds is 6. The summed E-state index contributed by atoms with van der Waals surface area (Å²) in [4.78, 5) is 14.9. The van der Waals surface area contributed by atoms with Crippen LogP contribution in [0.3, 0.4) is 0 Å². The zero-order valence-electron chi connectivity index (χ0n) is 18.5. The summed E-state index contributed by atoms with van der Waals surface area (Å²) in [5.41, 5.74) is 6.90. The summed E-state index contributed by atoms with van der Waals surface area (Å²) < 4.78 is 27.4. The number of sulfonamides is 1. The maximum Gasteiger partial charge on any atom is 0.271 e. The predicted octanol–water partition coefficient (Wildman–Crippen LogP) is 5.91. The average molecular weight is 521 g/mol. The summed E-state index contributed by atoms with van der Waals surface area (Å²) in [6.45, 7) is 1.83. The number of amides is 1. The molecule has 3 N–H and O–H groups in total. The molecule has 10 heteroatoms. The van der Waals surface area contributed by atoms with E-state index < -0.39 is 15.9 Å². The summed E-state index contributed by atoms with van der Waals surface area (Å²) >= 11 is 2.84. The van der Waals surface area contributed by atoms with Crippen molar-refractivity contribution in [1.29, 1.82) is 0 Å². The second-order valence-electron chi connectivity index (χ2n) is 7.69. The van der Waals surface area contributed by atoms with Crippen molar-refractivity contribution in [2.45, 2.75) is 20.9 Å². The Bertz CT molecular complexity index is 1530. The van der Waals surface area contributed by atoms with Gasteiger partial charge in [-0.3, -0.25) is 9.52 Å². The second-order valence-corrected chi connectivity index (χ2v) is 11.6. The molecule has 176 valence electrons. The number of hydrogen-bond donors (Lipinski definition) is 3. The van der Waals surface area contributed by atoms with E-state index in [1.54, 1.807) is 47.5 Å². The van der Waals surface area contributed by atoms with Crippen LogP contribution in [0.15, 0.2) is 103 Å². The lowest BCUT2D eigenvalue weighted by Crippen LogP contribution is -2.19. The van der Waals surface area contributed by atoms with Crippen molar-refractivity contribution >= 4 is 61.8 Å². The van der Waals surface area contributed by atoms with E-state index in [4.69, 9.17) is 0 Å². The highest BCUT2D eigenvalue weighted by atomic mass is 32.2. The maximum absolute atomic E-state index is 12.6. The number of para-hydroxylation sites is 1. The Morgan fingerprint density at radius 1 is 0.886 bits per heavy atom. The molecule has 0 spiro atoms. The van der Waals surface area contributed by atoms with Gasteiger partial charge in [-0.2, -0.15) is 5.10 Å². The molecular weight excluding hydrogens is 501 g/mol. The van der Waals surface area contributed by atoms with Gasteiger partial charge in [0, 0.05) is 21.0 Å². The smallest absolute Gasteiger partial charge is 0.271 e. The summed E-state index contributed by atoms with van der Waals surface area (Å²) in [5.74, 6) is -0.391. The molecule has 4 aromatic rings. The molecule has 7 nitrogen and oxygen atoms in total. The van der Waals surface area contributed by atoms with Crippen molar-refractivity contribution in [2.75, 3.05) is 10.0 Å². The lowest BCUT2D eigenvalue weighted by molar-refractivity contribution is 0.0955. The van der Waals surface area contributed by atoms with Gasteiger partial charge in [-0.05, 0) is 72.5 Å². The first kappa shape index (κ1) is 23.2. The molecule has 0 aliphatic carbocycles. The zero-order chi connectivity index (χ0) is 24.4. The van der Waals surface area contributed by atoms with Crippen molar-refractivity contribution < 1.29 is 13.2 Å². The largest absolute Gasteiger partial charge is 0.354 e. The highest BCUT2D eigenvalue weighted by Gasteiger charge is 2.17. The topological polar surface area (TPSA) is 99.7 Å². The van der Waals surface area contributed by atoms with E-state index in [-0.39, 0.29) is 4.21 Å². The monoisotopic (exact) mass is 520 g/mol. The maximum atomic E-state index is 12.6. The summed E-state index contributed by atoms with van der Waals surface area (Å²) in [7, 11) is -3.64. The molecule has 1 amide bonds.